The van der Waals surface area contributed by atoms with Crippen LogP contribution in [0.3, 0.4) is 0 Å². The van der Waals surface area contributed by atoms with Crippen molar-refractivity contribution >= 4 is 23.4 Å². The van der Waals surface area contributed by atoms with Gasteiger partial charge in [-0.1, -0.05) is 78.7 Å². The zero-order valence-electron chi connectivity index (χ0n) is 20.6. The highest BCUT2D eigenvalue weighted by molar-refractivity contribution is 6.30. The third-order valence-electron chi connectivity index (χ3n) is 5.77. The Morgan fingerprint density at radius 3 is 2.34 bits per heavy atom. The van der Waals surface area contributed by atoms with E-state index in [1.165, 1.54) is 0 Å². The number of carbonyl (C=O) groups is 2. The maximum absolute atomic E-state index is 13.6. The lowest BCUT2D eigenvalue weighted by Crippen LogP contribution is -2.51. The molecule has 0 aliphatic rings. The monoisotopic (exact) mass is 492 g/mol. The lowest BCUT2D eigenvalue weighted by Gasteiger charge is -2.31. The van der Waals surface area contributed by atoms with Gasteiger partial charge in [-0.05, 0) is 55.2 Å². The molecule has 0 saturated carbocycles. The third kappa shape index (κ3) is 7.86. The second-order valence-electron chi connectivity index (χ2n) is 8.70. The van der Waals surface area contributed by atoms with Gasteiger partial charge in [-0.3, -0.25) is 9.59 Å². The molecule has 35 heavy (non-hydrogen) atoms. The molecule has 1 unspecified atom stereocenters. The van der Waals surface area contributed by atoms with E-state index in [0.717, 1.165) is 28.7 Å². The Morgan fingerprint density at radius 2 is 1.69 bits per heavy atom. The average molecular weight is 493 g/mol. The van der Waals surface area contributed by atoms with Gasteiger partial charge in [0.05, 0.1) is 0 Å². The first-order valence-corrected chi connectivity index (χ1v) is 12.3. The number of hydrogen-bond acceptors (Lipinski definition) is 3. The Morgan fingerprint density at radius 1 is 0.971 bits per heavy atom. The van der Waals surface area contributed by atoms with E-state index in [9.17, 15) is 9.59 Å². The molecule has 3 aromatic carbocycles. The summed E-state index contributed by atoms with van der Waals surface area (Å²) in [6.07, 6.45) is 1.21. The average Bonchev–Trinajstić information content (AvgIpc) is 2.85. The zero-order chi connectivity index (χ0) is 25.2. The number of amides is 2. The summed E-state index contributed by atoms with van der Waals surface area (Å²) < 4.78 is 5.91. The van der Waals surface area contributed by atoms with E-state index in [4.69, 9.17) is 16.3 Å². The molecule has 6 heteroatoms. The Bertz CT molecular complexity index is 1120. The minimum Gasteiger partial charge on any atom is -0.483 e. The predicted octanol–water partition coefficient (Wildman–Crippen LogP) is 5.50. The van der Waals surface area contributed by atoms with Crippen molar-refractivity contribution in [3.63, 3.8) is 0 Å². The number of rotatable bonds is 11. The lowest BCUT2D eigenvalue weighted by molar-refractivity contribution is -0.142. The van der Waals surface area contributed by atoms with Gasteiger partial charge in [0.2, 0.25) is 5.91 Å². The molecule has 0 bridgehead atoms. The minimum absolute atomic E-state index is 0.163. The molecule has 0 aromatic heterocycles. The standard InChI is InChI=1S/C29H33ClN2O3/c1-4-16-31-29(34)26(18-23-8-6-5-7-9-23)32(19-24-11-13-25(30)14-12-24)28(33)20-35-27-15-10-21(2)17-22(27)3/h5-15,17,26H,4,16,18-20H2,1-3H3,(H,31,34). The van der Waals surface area contributed by atoms with Gasteiger partial charge in [0, 0.05) is 24.5 Å². The summed E-state index contributed by atoms with van der Waals surface area (Å²) in [6.45, 7) is 6.62. The molecule has 3 rings (SSSR count). The fourth-order valence-corrected chi connectivity index (χ4v) is 4.02. The molecule has 1 atom stereocenters. The second kappa shape index (κ2) is 13.0. The summed E-state index contributed by atoms with van der Waals surface area (Å²) in [5.41, 5.74) is 3.95. The molecule has 5 nitrogen and oxygen atoms in total. The molecule has 3 aromatic rings. The molecule has 0 saturated heterocycles. The normalized spacial score (nSPS) is 11.5. The Kier molecular flexibility index (Phi) is 9.74. The van der Waals surface area contributed by atoms with Crippen LogP contribution in [-0.2, 0) is 22.6 Å². The zero-order valence-corrected chi connectivity index (χ0v) is 21.3. The van der Waals surface area contributed by atoms with Crippen molar-refractivity contribution in [1.29, 1.82) is 0 Å². The molecule has 2 amide bonds. The van der Waals surface area contributed by atoms with Crippen LogP contribution in [0.2, 0.25) is 5.02 Å². The fraction of sp³-hybridized carbons (Fsp3) is 0.310. The smallest absolute Gasteiger partial charge is 0.261 e. The molecule has 0 aliphatic heterocycles. The maximum atomic E-state index is 13.6. The fourth-order valence-electron chi connectivity index (χ4n) is 3.89. The molecule has 0 heterocycles. The number of benzene rings is 3. The van der Waals surface area contributed by atoms with Crippen LogP contribution in [-0.4, -0.2) is 35.9 Å². The number of nitrogens with zero attached hydrogens (tertiary/aromatic N) is 1. The summed E-state index contributed by atoms with van der Waals surface area (Å²) in [4.78, 5) is 28.5. The van der Waals surface area contributed by atoms with E-state index in [2.05, 4.69) is 5.32 Å². The van der Waals surface area contributed by atoms with Gasteiger partial charge in [-0.2, -0.15) is 0 Å². The van der Waals surface area contributed by atoms with E-state index >= 15 is 0 Å². The number of ether oxygens (including phenoxy) is 1. The maximum Gasteiger partial charge on any atom is 0.261 e. The van der Waals surface area contributed by atoms with E-state index < -0.39 is 6.04 Å². The number of hydrogen-bond donors (Lipinski definition) is 1. The van der Waals surface area contributed by atoms with Gasteiger partial charge < -0.3 is 15.0 Å². The topological polar surface area (TPSA) is 58.6 Å². The first-order chi connectivity index (χ1) is 16.9. The van der Waals surface area contributed by atoms with Crippen molar-refractivity contribution in [1.82, 2.24) is 10.2 Å². The molecule has 0 aliphatic carbocycles. The van der Waals surface area contributed by atoms with E-state index in [-0.39, 0.29) is 25.0 Å². The quantitative estimate of drug-likeness (QED) is 0.384. The van der Waals surface area contributed by atoms with Gasteiger partial charge >= 0.3 is 0 Å². The molecule has 1 N–H and O–H groups in total. The summed E-state index contributed by atoms with van der Waals surface area (Å²) >= 11 is 6.07. The van der Waals surface area contributed by atoms with Crippen LogP contribution in [0.25, 0.3) is 0 Å². The van der Waals surface area contributed by atoms with Crippen molar-refractivity contribution in [2.45, 2.75) is 46.2 Å². The number of nitrogens with one attached hydrogen (secondary N) is 1. The van der Waals surface area contributed by atoms with Crippen LogP contribution in [0.4, 0.5) is 0 Å². The SMILES string of the molecule is CCCNC(=O)C(Cc1ccccc1)N(Cc1ccc(Cl)cc1)C(=O)COc1ccc(C)cc1C. The summed E-state index contributed by atoms with van der Waals surface area (Å²) in [5.74, 6) is 0.225. The van der Waals surface area contributed by atoms with Crippen LogP contribution in [0.15, 0.2) is 72.8 Å². The van der Waals surface area contributed by atoms with Crippen LogP contribution in [0.1, 0.15) is 35.6 Å². The van der Waals surface area contributed by atoms with Crippen LogP contribution < -0.4 is 10.1 Å². The number of halogens is 1. The van der Waals surface area contributed by atoms with Crippen molar-refractivity contribution in [2.75, 3.05) is 13.2 Å². The highest BCUT2D eigenvalue weighted by atomic mass is 35.5. The Hall–Kier alpha value is -3.31. The third-order valence-corrected chi connectivity index (χ3v) is 6.02. The largest absolute Gasteiger partial charge is 0.483 e. The van der Waals surface area contributed by atoms with Crippen molar-refractivity contribution in [3.8, 4) is 5.75 Å². The van der Waals surface area contributed by atoms with E-state index in [1.807, 2.05) is 81.4 Å². The first-order valence-electron chi connectivity index (χ1n) is 11.9. The van der Waals surface area contributed by atoms with Gasteiger partial charge in [0.25, 0.3) is 5.91 Å². The molecule has 184 valence electrons. The predicted molar refractivity (Wildman–Crippen MR) is 141 cm³/mol. The molecular formula is C29H33ClN2O3. The van der Waals surface area contributed by atoms with Crippen LogP contribution in [0.5, 0.6) is 5.75 Å². The van der Waals surface area contributed by atoms with Gasteiger partial charge in [0.15, 0.2) is 6.61 Å². The summed E-state index contributed by atoms with van der Waals surface area (Å²) in [6, 6.07) is 22.2. The summed E-state index contributed by atoms with van der Waals surface area (Å²) in [5, 5.41) is 3.59. The van der Waals surface area contributed by atoms with Crippen LogP contribution in [0, 0.1) is 13.8 Å². The van der Waals surface area contributed by atoms with Crippen LogP contribution >= 0.6 is 11.6 Å². The Balaban J connectivity index is 1.89. The highest BCUT2D eigenvalue weighted by Crippen LogP contribution is 2.20. The number of carbonyl (C=O) groups excluding carboxylic acids is 2. The van der Waals surface area contributed by atoms with Crippen molar-refractivity contribution < 1.29 is 14.3 Å². The van der Waals surface area contributed by atoms with Gasteiger partial charge in [0.1, 0.15) is 11.8 Å². The van der Waals surface area contributed by atoms with E-state index in [1.54, 1.807) is 17.0 Å². The second-order valence-corrected chi connectivity index (χ2v) is 9.14. The Labute approximate surface area is 213 Å². The van der Waals surface area contributed by atoms with E-state index in [0.29, 0.717) is 23.7 Å². The lowest BCUT2D eigenvalue weighted by atomic mass is 10.0. The molecule has 0 radical (unpaired) electrons. The molecular weight excluding hydrogens is 460 g/mol. The molecule has 0 fully saturated rings. The minimum atomic E-state index is -0.685. The van der Waals surface area contributed by atoms with Gasteiger partial charge in [-0.25, -0.2) is 0 Å². The first kappa shape index (κ1) is 26.3. The number of aryl methyl sites for hydroxylation is 2. The van der Waals surface area contributed by atoms with Crippen molar-refractivity contribution in [2.24, 2.45) is 0 Å². The van der Waals surface area contributed by atoms with Crippen molar-refractivity contribution in [3.05, 3.63) is 100 Å². The molecule has 0 spiro atoms. The van der Waals surface area contributed by atoms with Gasteiger partial charge in [-0.15, -0.1) is 0 Å². The highest BCUT2D eigenvalue weighted by Gasteiger charge is 2.30. The summed E-state index contributed by atoms with van der Waals surface area (Å²) in [7, 11) is 0.